The van der Waals surface area contributed by atoms with Gasteiger partial charge in [-0.1, -0.05) is 57.2 Å². The van der Waals surface area contributed by atoms with Gasteiger partial charge < -0.3 is 16.4 Å². The van der Waals surface area contributed by atoms with Crippen LogP contribution >= 0.6 is 11.3 Å². The molecule has 1 unspecified atom stereocenters. The number of benzene rings is 2. The van der Waals surface area contributed by atoms with E-state index in [1.807, 2.05) is 36.4 Å². The van der Waals surface area contributed by atoms with Crippen LogP contribution in [0, 0.1) is 0 Å². The minimum absolute atomic E-state index is 0.166. The second-order valence-electron chi connectivity index (χ2n) is 8.30. The van der Waals surface area contributed by atoms with Gasteiger partial charge in [-0.15, -0.1) is 11.3 Å². The summed E-state index contributed by atoms with van der Waals surface area (Å²) in [5.41, 5.74) is 9.20. The van der Waals surface area contributed by atoms with E-state index < -0.39 is 6.04 Å². The molecule has 0 radical (unpaired) electrons. The molecule has 0 aliphatic carbocycles. The molecule has 1 aromatic heterocycles. The summed E-state index contributed by atoms with van der Waals surface area (Å²) < 4.78 is 1.09. The number of nitrogens with two attached hydrogens (primary N) is 1. The van der Waals surface area contributed by atoms with E-state index in [9.17, 15) is 9.59 Å². The lowest BCUT2D eigenvalue weighted by molar-refractivity contribution is -0.129. The van der Waals surface area contributed by atoms with Gasteiger partial charge in [0.15, 0.2) is 0 Å². The molecule has 0 aliphatic rings. The van der Waals surface area contributed by atoms with Crippen molar-refractivity contribution in [3.63, 3.8) is 0 Å². The molecular formula is C25H32N4O2S. The van der Waals surface area contributed by atoms with Crippen LogP contribution < -0.4 is 16.4 Å². The molecule has 2 atom stereocenters. The van der Waals surface area contributed by atoms with Crippen molar-refractivity contribution in [2.24, 2.45) is 5.73 Å². The van der Waals surface area contributed by atoms with Gasteiger partial charge in [0.1, 0.15) is 6.04 Å². The molecule has 2 aromatic carbocycles. The first-order valence-electron chi connectivity index (χ1n) is 11.1. The highest BCUT2D eigenvalue weighted by molar-refractivity contribution is 7.18. The molecule has 3 aromatic rings. The average Bonchev–Trinajstić information content (AvgIpc) is 3.20. The summed E-state index contributed by atoms with van der Waals surface area (Å²) in [5, 5.41) is 6.70. The summed E-state index contributed by atoms with van der Waals surface area (Å²) in [6.45, 7) is 6.40. The molecule has 32 heavy (non-hydrogen) atoms. The van der Waals surface area contributed by atoms with Crippen molar-refractivity contribution in [1.29, 1.82) is 0 Å². The van der Waals surface area contributed by atoms with E-state index in [1.54, 1.807) is 18.3 Å². The van der Waals surface area contributed by atoms with E-state index in [4.69, 9.17) is 10.7 Å². The van der Waals surface area contributed by atoms with Crippen LogP contribution in [0.5, 0.6) is 0 Å². The molecule has 0 saturated heterocycles. The van der Waals surface area contributed by atoms with E-state index >= 15 is 0 Å². The van der Waals surface area contributed by atoms with Gasteiger partial charge in [-0.25, -0.2) is 4.98 Å². The number of amides is 2. The van der Waals surface area contributed by atoms with E-state index in [0.29, 0.717) is 31.7 Å². The Bertz CT molecular complexity index is 1050. The first kappa shape index (κ1) is 23.9. The molecule has 0 saturated carbocycles. The second-order valence-corrected chi connectivity index (χ2v) is 9.41. The zero-order valence-corrected chi connectivity index (χ0v) is 19.7. The number of rotatable bonds is 10. The molecule has 7 heteroatoms. The number of nitrogens with zero attached hydrogens (tertiary/aromatic N) is 1. The zero-order valence-electron chi connectivity index (χ0n) is 18.9. The van der Waals surface area contributed by atoms with E-state index in [-0.39, 0.29) is 17.9 Å². The van der Waals surface area contributed by atoms with Crippen molar-refractivity contribution in [3.8, 4) is 0 Å². The minimum Gasteiger partial charge on any atom is -0.350 e. The van der Waals surface area contributed by atoms with Crippen LogP contribution in [0.2, 0.25) is 0 Å². The van der Waals surface area contributed by atoms with Crippen LogP contribution in [0.25, 0.3) is 10.2 Å². The molecule has 3 rings (SSSR count). The fourth-order valence-electron chi connectivity index (χ4n) is 3.51. The molecule has 6 nitrogen and oxygen atoms in total. The van der Waals surface area contributed by atoms with Crippen LogP contribution in [0.3, 0.4) is 0 Å². The molecule has 0 spiro atoms. The third-order valence-corrected chi connectivity index (χ3v) is 6.47. The van der Waals surface area contributed by atoms with Crippen molar-refractivity contribution in [1.82, 2.24) is 15.6 Å². The highest BCUT2D eigenvalue weighted by atomic mass is 32.1. The molecule has 170 valence electrons. The summed E-state index contributed by atoms with van der Waals surface area (Å²) >= 11 is 1.57. The van der Waals surface area contributed by atoms with Gasteiger partial charge in [0.05, 0.1) is 15.2 Å². The van der Waals surface area contributed by atoms with Gasteiger partial charge >= 0.3 is 0 Å². The maximum atomic E-state index is 13.1. The maximum absolute atomic E-state index is 13.1. The second kappa shape index (κ2) is 11.2. The van der Waals surface area contributed by atoms with Crippen molar-refractivity contribution >= 4 is 33.4 Å². The van der Waals surface area contributed by atoms with Crippen LogP contribution in [0.4, 0.5) is 0 Å². The van der Waals surface area contributed by atoms with Crippen molar-refractivity contribution in [3.05, 3.63) is 64.7 Å². The predicted octanol–water partition coefficient (Wildman–Crippen LogP) is 3.54. The lowest BCUT2D eigenvalue weighted by Crippen LogP contribution is -2.52. The van der Waals surface area contributed by atoms with Crippen molar-refractivity contribution in [2.45, 2.75) is 58.0 Å². The number of thiazole rings is 1. The largest absolute Gasteiger partial charge is 0.350 e. The maximum Gasteiger partial charge on any atom is 0.243 e. The highest BCUT2D eigenvalue weighted by Crippen LogP contribution is 2.27. The van der Waals surface area contributed by atoms with Gasteiger partial charge in [-0.2, -0.15) is 0 Å². The number of nitrogens with one attached hydrogen (secondary N) is 2. The Morgan fingerprint density at radius 3 is 2.47 bits per heavy atom. The van der Waals surface area contributed by atoms with Gasteiger partial charge in [0, 0.05) is 25.4 Å². The standard InChI is InChI=1S/C25H32N4O2S/c1-4-23(30)28-21(25(31)27-19(15-26)12-17-8-6-5-7-9-17)14-24-29-20-11-10-18(16(2)3)13-22(20)32-24/h5-11,13,16,19,21H,4,12,14-15,26H2,1-3H3,(H,27,31)(H,28,30)/t19?,21-/m0/s1. The summed E-state index contributed by atoms with van der Waals surface area (Å²) in [4.78, 5) is 29.9. The molecule has 1 heterocycles. The Kier molecular flexibility index (Phi) is 8.36. The molecule has 4 N–H and O–H groups in total. The number of hydrogen-bond acceptors (Lipinski definition) is 5. The van der Waals surface area contributed by atoms with Crippen LogP contribution in [-0.4, -0.2) is 35.4 Å². The zero-order chi connectivity index (χ0) is 23.1. The third kappa shape index (κ3) is 6.37. The lowest BCUT2D eigenvalue weighted by atomic mass is 10.0. The van der Waals surface area contributed by atoms with Crippen molar-refractivity contribution in [2.75, 3.05) is 6.54 Å². The van der Waals surface area contributed by atoms with E-state index in [2.05, 4.69) is 36.6 Å². The predicted molar refractivity (Wildman–Crippen MR) is 131 cm³/mol. The fourth-order valence-corrected chi connectivity index (χ4v) is 4.57. The smallest absolute Gasteiger partial charge is 0.243 e. The van der Waals surface area contributed by atoms with Crippen molar-refractivity contribution < 1.29 is 9.59 Å². The van der Waals surface area contributed by atoms with Gasteiger partial charge in [-0.05, 0) is 35.6 Å². The third-order valence-electron chi connectivity index (χ3n) is 5.43. The molecule has 0 fully saturated rings. The van der Waals surface area contributed by atoms with Crippen LogP contribution in [-0.2, 0) is 22.4 Å². The van der Waals surface area contributed by atoms with Gasteiger partial charge in [0.25, 0.3) is 0 Å². The number of carbonyl (C=O) groups excluding carboxylic acids is 2. The molecular weight excluding hydrogens is 420 g/mol. The Morgan fingerprint density at radius 1 is 1.06 bits per heavy atom. The topological polar surface area (TPSA) is 97.1 Å². The van der Waals surface area contributed by atoms with Crippen LogP contribution in [0.1, 0.15) is 49.2 Å². The first-order chi connectivity index (χ1) is 15.4. The quantitative estimate of drug-likeness (QED) is 0.438. The average molecular weight is 453 g/mol. The monoisotopic (exact) mass is 452 g/mol. The lowest BCUT2D eigenvalue weighted by Gasteiger charge is -2.22. The number of aromatic nitrogens is 1. The number of carbonyl (C=O) groups is 2. The Labute approximate surface area is 193 Å². The minimum atomic E-state index is -0.697. The summed E-state index contributed by atoms with van der Waals surface area (Å²) in [5.74, 6) is 0.0335. The Morgan fingerprint density at radius 2 is 1.81 bits per heavy atom. The Hall–Kier alpha value is -2.77. The summed E-state index contributed by atoms with van der Waals surface area (Å²) in [6.07, 6.45) is 1.29. The highest BCUT2D eigenvalue weighted by Gasteiger charge is 2.24. The summed E-state index contributed by atoms with van der Waals surface area (Å²) in [7, 11) is 0. The van der Waals surface area contributed by atoms with E-state index in [1.165, 1.54) is 5.56 Å². The molecule has 2 amide bonds. The Balaban J connectivity index is 1.75. The number of hydrogen-bond donors (Lipinski definition) is 3. The van der Waals surface area contributed by atoms with Crippen LogP contribution in [0.15, 0.2) is 48.5 Å². The van der Waals surface area contributed by atoms with Gasteiger partial charge in [-0.3, -0.25) is 9.59 Å². The van der Waals surface area contributed by atoms with E-state index in [0.717, 1.165) is 20.8 Å². The first-order valence-corrected chi connectivity index (χ1v) is 11.9. The molecule has 0 aliphatic heterocycles. The fraction of sp³-hybridized carbons (Fsp3) is 0.400. The van der Waals surface area contributed by atoms with Gasteiger partial charge in [0.2, 0.25) is 11.8 Å². The number of fused-ring (bicyclic) bond motifs is 1. The normalized spacial score (nSPS) is 13.2. The SMILES string of the molecule is CCC(=O)N[C@@H](Cc1nc2ccc(C(C)C)cc2s1)C(=O)NC(CN)Cc1ccccc1. The summed E-state index contributed by atoms with van der Waals surface area (Å²) in [6, 6.07) is 15.3. The molecule has 0 bridgehead atoms.